The van der Waals surface area contributed by atoms with Gasteiger partial charge in [0, 0.05) is 19.8 Å². The first-order valence-corrected chi connectivity index (χ1v) is 10.5. The third kappa shape index (κ3) is 4.36. The van der Waals surface area contributed by atoms with Gasteiger partial charge in [-0.3, -0.25) is 4.79 Å². The number of hydrogen-bond acceptors (Lipinski definition) is 5. The Kier molecular flexibility index (Phi) is 6.13. The van der Waals surface area contributed by atoms with Crippen molar-refractivity contribution in [1.82, 2.24) is 19.9 Å². The van der Waals surface area contributed by atoms with Crippen molar-refractivity contribution in [3.8, 4) is 0 Å². The van der Waals surface area contributed by atoms with Crippen LogP contribution in [0.15, 0.2) is 48.5 Å². The number of fused-ring (bicyclic) bond motifs is 2. The van der Waals surface area contributed by atoms with E-state index in [9.17, 15) is 4.79 Å². The van der Waals surface area contributed by atoms with Gasteiger partial charge in [-0.2, -0.15) is 0 Å². The molecule has 1 amide bonds. The lowest BCUT2D eigenvalue weighted by Crippen LogP contribution is -2.26. The maximum atomic E-state index is 13.0. The number of carbonyl (C=O) groups excluding carboxylic acids is 1. The van der Waals surface area contributed by atoms with E-state index in [2.05, 4.69) is 36.5 Å². The Bertz CT molecular complexity index is 1210. The third-order valence-electron chi connectivity index (χ3n) is 5.24. The summed E-state index contributed by atoms with van der Waals surface area (Å²) in [6, 6.07) is 15.9. The van der Waals surface area contributed by atoms with Gasteiger partial charge in [0.2, 0.25) is 0 Å². The zero-order chi connectivity index (χ0) is 21.8. The molecule has 0 saturated carbocycles. The Morgan fingerprint density at radius 1 is 1.10 bits per heavy atom. The zero-order valence-corrected chi connectivity index (χ0v) is 17.9. The van der Waals surface area contributed by atoms with Crippen LogP contribution in [0.2, 0.25) is 0 Å². The molecule has 0 radical (unpaired) electrons. The van der Waals surface area contributed by atoms with Gasteiger partial charge in [-0.1, -0.05) is 42.0 Å². The van der Waals surface area contributed by atoms with E-state index in [1.165, 1.54) is 5.56 Å². The number of hydrogen-bond donors (Lipinski definition) is 2. The fourth-order valence-corrected chi connectivity index (χ4v) is 3.59. The minimum absolute atomic E-state index is 0.244. The fourth-order valence-electron chi connectivity index (χ4n) is 3.59. The van der Waals surface area contributed by atoms with Crippen molar-refractivity contribution in [3.05, 3.63) is 65.2 Å². The van der Waals surface area contributed by atoms with E-state index in [0.29, 0.717) is 48.8 Å². The molecule has 4 rings (SSSR count). The predicted molar refractivity (Wildman–Crippen MR) is 123 cm³/mol. The molecular formula is C24H27N5O2. The number of nitrogens with zero attached hydrogens (tertiary/aromatic N) is 3. The number of aryl methyl sites for hydroxylation is 1. The molecule has 0 unspecified atom stereocenters. The van der Waals surface area contributed by atoms with Crippen LogP contribution in [0.25, 0.3) is 22.2 Å². The minimum atomic E-state index is -0.244. The first-order chi connectivity index (χ1) is 15.1. The predicted octanol–water partition coefficient (Wildman–Crippen LogP) is 3.68. The molecule has 0 fully saturated rings. The van der Waals surface area contributed by atoms with Gasteiger partial charge < -0.3 is 20.4 Å². The summed E-state index contributed by atoms with van der Waals surface area (Å²) in [5.74, 6) is 0.124. The quantitative estimate of drug-likeness (QED) is 0.427. The molecule has 160 valence electrons. The minimum Gasteiger partial charge on any atom is -0.384 e. The number of benzene rings is 2. The SMILES string of the molecule is CCOCCCNC(=O)c1c(N)n(Cc2ccc(C)cc2)c2nc3ccccc3nc12. The van der Waals surface area contributed by atoms with Crippen LogP contribution in [-0.4, -0.2) is 40.2 Å². The molecule has 0 bridgehead atoms. The molecule has 0 aliphatic heterocycles. The summed E-state index contributed by atoms with van der Waals surface area (Å²) in [4.78, 5) is 22.6. The molecule has 0 aliphatic rings. The summed E-state index contributed by atoms with van der Waals surface area (Å²) in [5.41, 5.74) is 11.8. The van der Waals surface area contributed by atoms with Crippen molar-refractivity contribution < 1.29 is 9.53 Å². The van der Waals surface area contributed by atoms with Crippen LogP contribution < -0.4 is 11.1 Å². The standard InChI is InChI=1S/C24H27N5O2/c1-3-31-14-6-13-26-24(30)20-21-23(28-19-8-5-4-7-18(19)27-21)29(22(20)25)15-17-11-9-16(2)10-12-17/h4-5,7-12H,3,6,13-15,25H2,1-2H3,(H,26,30). The Balaban J connectivity index is 1.75. The summed E-state index contributed by atoms with van der Waals surface area (Å²) in [6.07, 6.45) is 0.732. The first kappa shape index (κ1) is 20.8. The maximum Gasteiger partial charge on any atom is 0.257 e. The van der Waals surface area contributed by atoms with E-state index < -0.39 is 0 Å². The van der Waals surface area contributed by atoms with E-state index in [1.807, 2.05) is 35.8 Å². The summed E-state index contributed by atoms with van der Waals surface area (Å²) < 4.78 is 7.21. The molecule has 0 spiro atoms. The van der Waals surface area contributed by atoms with Crippen molar-refractivity contribution >= 4 is 33.9 Å². The molecule has 0 saturated heterocycles. The summed E-state index contributed by atoms with van der Waals surface area (Å²) in [6.45, 7) is 6.28. The van der Waals surface area contributed by atoms with Crippen LogP contribution in [0, 0.1) is 6.92 Å². The molecule has 0 atom stereocenters. The molecular weight excluding hydrogens is 390 g/mol. The highest BCUT2D eigenvalue weighted by molar-refractivity contribution is 6.10. The van der Waals surface area contributed by atoms with E-state index in [1.54, 1.807) is 0 Å². The smallest absolute Gasteiger partial charge is 0.257 e. The number of ether oxygens (including phenoxy) is 1. The van der Waals surface area contributed by atoms with Crippen LogP contribution in [-0.2, 0) is 11.3 Å². The van der Waals surface area contributed by atoms with Gasteiger partial charge in [0.1, 0.15) is 16.9 Å². The van der Waals surface area contributed by atoms with Crippen molar-refractivity contribution in [2.24, 2.45) is 0 Å². The van der Waals surface area contributed by atoms with Gasteiger partial charge in [-0.25, -0.2) is 9.97 Å². The van der Waals surface area contributed by atoms with Crippen LogP contribution >= 0.6 is 0 Å². The zero-order valence-electron chi connectivity index (χ0n) is 17.9. The van der Waals surface area contributed by atoms with Crippen molar-refractivity contribution in [2.45, 2.75) is 26.8 Å². The maximum absolute atomic E-state index is 13.0. The molecule has 31 heavy (non-hydrogen) atoms. The molecule has 0 aliphatic carbocycles. The topological polar surface area (TPSA) is 95.1 Å². The number of aromatic nitrogens is 3. The first-order valence-electron chi connectivity index (χ1n) is 10.5. The number of carbonyl (C=O) groups is 1. The lowest BCUT2D eigenvalue weighted by molar-refractivity contribution is 0.0946. The van der Waals surface area contributed by atoms with Gasteiger partial charge in [0.25, 0.3) is 5.91 Å². The van der Waals surface area contributed by atoms with E-state index in [0.717, 1.165) is 23.0 Å². The highest BCUT2D eigenvalue weighted by Crippen LogP contribution is 2.28. The van der Waals surface area contributed by atoms with Crippen molar-refractivity contribution in [1.29, 1.82) is 0 Å². The van der Waals surface area contributed by atoms with Gasteiger partial charge in [0.05, 0.1) is 17.6 Å². The Morgan fingerprint density at radius 2 is 1.81 bits per heavy atom. The number of rotatable bonds is 8. The van der Waals surface area contributed by atoms with Crippen LogP contribution in [0.5, 0.6) is 0 Å². The van der Waals surface area contributed by atoms with Gasteiger partial charge in [-0.15, -0.1) is 0 Å². The van der Waals surface area contributed by atoms with E-state index >= 15 is 0 Å². The molecule has 3 N–H and O–H groups in total. The van der Waals surface area contributed by atoms with Gasteiger partial charge in [-0.05, 0) is 38.0 Å². The highest BCUT2D eigenvalue weighted by Gasteiger charge is 2.23. The monoisotopic (exact) mass is 417 g/mol. The second-order valence-electron chi connectivity index (χ2n) is 7.52. The Hall–Kier alpha value is -3.45. The van der Waals surface area contributed by atoms with Crippen molar-refractivity contribution in [2.75, 3.05) is 25.5 Å². The van der Waals surface area contributed by atoms with E-state index in [-0.39, 0.29) is 5.91 Å². The lowest BCUT2D eigenvalue weighted by Gasteiger charge is -2.09. The number of para-hydroxylation sites is 2. The van der Waals surface area contributed by atoms with E-state index in [4.69, 9.17) is 20.4 Å². The summed E-state index contributed by atoms with van der Waals surface area (Å²) in [5, 5.41) is 2.94. The average Bonchev–Trinajstić information content (AvgIpc) is 3.04. The second kappa shape index (κ2) is 9.14. The number of nitrogens with one attached hydrogen (secondary N) is 1. The third-order valence-corrected chi connectivity index (χ3v) is 5.24. The van der Waals surface area contributed by atoms with Crippen LogP contribution in [0.4, 0.5) is 5.82 Å². The molecule has 2 aromatic carbocycles. The van der Waals surface area contributed by atoms with Gasteiger partial charge in [0.15, 0.2) is 5.65 Å². The normalized spacial score (nSPS) is 11.3. The second-order valence-corrected chi connectivity index (χ2v) is 7.52. The molecule has 4 aromatic rings. The highest BCUT2D eigenvalue weighted by atomic mass is 16.5. The average molecular weight is 418 g/mol. The Morgan fingerprint density at radius 3 is 2.52 bits per heavy atom. The van der Waals surface area contributed by atoms with Crippen molar-refractivity contribution in [3.63, 3.8) is 0 Å². The fraction of sp³-hybridized carbons (Fsp3) is 0.292. The lowest BCUT2D eigenvalue weighted by atomic mass is 10.1. The molecule has 2 heterocycles. The largest absolute Gasteiger partial charge is 0.384 e. The van der Waals surface area contributed by atoms with Gasteiger partial charge >= 0.3 is 0 Å². The summed E-state index contributed by atoms with van der Waals surface area (Å²) in [7, 11) is 0. The number of anilines is 1. The summed E-state index contributed by atoms with van der Waals surface area (Å²) >= 11 is 0. The number of nitrogen functional groups attached to an aromatic ring is 1. The molecule has 7 nitrogen and oxygen atoms in total. The van der Waals surface area contributed by atoms with Crippen LogP contribution in [0.1, 0.15) is 34.8 Å². The number of amides is 1. The van der Waals surface area contributed by atoms with Crippen LogP contribution in [0.3, 0.4) is 0 Å². The molecule has 2 aromatic heterocycles. The molecule has 7 heteroatoms. The Labute approximate surface area is 181 Å². The number of nitrogens with two attached hydrogens (primary N) is 1.